The van der Waals surface area contributed by atoms with Crippen LogP contribution in [0.3, 0.4) is 0 Å². The molecular formula is C16H26N4. The molecule has 0 atom stereocenters. The third kappa shape index (κ3) is 2.66. The number of aromatic nitrogens is 2. The Morgan fingerprint density at radius 3 is 2.65 bits per heavy atom. The van der Waals surface area contributed by atoms with Crippen molar-refractivity contribution in [3.63, 3.8) is 0 Å². The summed E-state index contributed by atoms with van der Waals surface area (Å²) in [6, 6.07) is 1.02. The molecule has 0 aromatic carbocycles. The molecule has 0 aliphatic heterocycles. The van der Waals surface area contributed by atoms with Gasteiger partial charge in [-0.2, -0.15) is 0 Å². The highest BCUT2D eigenvalue weighted by Gasteiger charge is 2.27. The van der Waals surface area contributed by atoms with Crippen molar-refractivity contribution in [3.05, 3.63) is 17.6 Å². The Morgan fingerprint density at radius 2 is 1.90 bits per heavy atom. The Hall–Kier alpha value is -1.16. The van der Waals surface area contributed by atoms with Gasteiger partial charge in [0.05, 0.1) is 0 Å². The van der Waals surface area contributed by atoms with Crippen LogP contribution >= 0.6 is 0 Å². The lowest BCUT2D eigenvalue weighted by Crippen LogP contribution is -2.42. The van der Waals surface area contributed by atoms with Crippen LogP contribution in [0.2, 0.25) is 0 Å². The molecular weight excluding hydrogens is 248 g/mol. The van der Waals surface area contributed by atoms with Gasteiger partial charge in [0.1, 0.15) is 12.1 Å². The minimum atomic E-state index is 0.407. The average Bonchev–Trinajstić information content (AvgIpc) is 2.50. The molecule has 3 rings (SSSR count). The molecule has 0 spiro atoms. The van der Waals surface area contributed by atoms with Crippen LogP contribution in [-0.2, 0) is 12.8 Å². The molecule has 4 nitrogen and oxygen atoms in total. The molecule has 1 fully saturated rings. The zero-order chi connectivity index (χ0) is 13.9. The van der Waals surface area contributed by atoms with Gasteiger partial charge in [-0.1, -0.05) is 0 Å². The minimum absolute atomic E-state index is 0.407. The van der Waals surface area contributed by atoms with E-state index in [2.05, 4.69) is 21.8 Å². The molecule has 0 amide bonds. The number of nitrogens with zero attached hydrogens (tertiary/aromatic N) is 3. The van der Waals surface area contributed by atoms with Gasteiger partial charge < -0.3 is 10.6 Å². The largest absolute Gasteiger partial charge is 0.354 e. The molecule has 2 N–H and O–H groups in total. The number of aryl methyl sites for hydroxylation is 1. The lowest BCUT2D eigenvalue weighted by molar-refractivity contribution is 0.376. The van der Waals surface area contributed by atoms with Gasteiger partial charge in [0, 0.05) is 29.9 Å². The summed E-state index contributed by atoms with van der Waals surface area (Å²) < 4.78 is 0. The number of rotatable bonds is 3. The SMILES string of the molecule is CCN(c1ncnc2c1CCCC2)C1CCC(N)CC1. The lowest BCUT2D eigenvalue weighted by atomic mass is 9.89. The quantitative estimate of drug-likeness (QED) is 0.920. The zero-order valence-electron chi connectivity index (χ0n) is 12.5. The van der Waals surface area contributed by atoms with Crippen molar-refractivity contribution < 1.29 is 0 Å². The summed E-state index contributed by atoms with van der Waals surface area (Å²) in [5.74, 6) is 1.21. The van der Waals surface area contributed by atoms with E-state index >= 15 is 0 Å². The summed E-state index contributed by atoms with van der Waals surface area (Å²) >= 11 is 0. The van der Waals surface area contributed by atoms with Crippen LogP contribution in [0.5, 0.6) is 0 Å². The first-order valence-electron chi connectivity index (χ1n) is 8.14. The molecule has 1 saturated carbocycles. The molecule has 20 heavy (non-hydrogen) atoms. The fourth-order valence-corrected chi connectivity index (χ4v) is 3.75. The summed E-state index contributed by atoms with van der Waals surface area (Å²) in [5.41, 5.74) is 8.74. The Labute approximate surface area is 121 Å². The third-order valence-electron chi connectivity index (χ3n) is 4.90. The van der Waals surface area contributed by atoms with E-state index in [9.17, 15) is 0 Å². The summed E-state index contributed by atoms with van der Waals surface area (Å²) in [4.78, 5) is 11.6. The first-order valence-corrected chi connectivity index (χ1v) is 8.14. The van der Waals surface area contributed by atoms with E-state index in [1.165, 1.54) is 42.8 Å². The monoisotopic (exact) mass is 274 g/mol. The van der Waals surface area contributed by atoms with Gasteiger partial charge in [0.2, 0.25) is 0 Å². The van der Waals surface area contributed by atoms with Crippen LogP contribution in [0.4, 0.5) is 5.82 Å². The fraction of sp³-hybridized carbons (Fsp3) is 0.750. The number of hydrogen-bond donors (Lipinski definition) is 1. The van der Waals surface area contributed by atoms with Gasteiger partial charge in [-0.05, 0) is 58.3 Å². The number of nitrogens with two attached hydrogens (primary N) is 1. The second-order valence-electron chi connectivity index (χ2n) is 6.18. The molecule has 1 heterocycles. The number of anilines is 1. The van der Waals surface area contributed by atoms with Crippen LogP contribution < -0.4 is 10.6 Å². The van der Waals surface area contributed by atoms with Gasteiger partial charge in [0.25, 0.3) is 0 Å². The topological polar surface area (TPSA) is 55.0 Å². The predicted octanol–water partition coefficient (Wildman–Crippen LogP) is 2.45. The van der Waals surface area contributed by atoms with E-state index in [4.69, 9.17) is 5.73 Å². The molecule has 1 aromatic rings. The van der Waals surface area contributed by atoms with Gasteiger partial charge in [-0.25, -0.2) is 9.97 Å². The van der Waals surface area contributed by atoms with Crippen molar-refractivity contribution >= 4 is 5.82 Å². The molecule has 2 aliphatic rings. The highest BCUT2D eigenvalue weighted by Crippen LogP contribution is 2.31. The van der Waals surface area contributed by atoms with Crippen molar-refractivity contribution in [2.24, 2.45) is 5.73 Å². The van der Waals surface area contributed by atoms with Crippen LogP contribution in [0.25, 0.3) is 0 Å². The van der Waals surface area contributed by atoms with E-state index in [0.29, 0.717) is 12.1 Å². The van der Waals surface area contributed by atoms with Crippen LogP contribution in [-0.4, -0.2) is 28.6 Å². The Bertz CT molecular complexity index is 452. The van der Waals surface area contributed by atoms with E-state index < -0.39 is 0 Å². The van der Waals surface area contributed by atoms with Crippen molar-refractivity contribution in [2.45, 2.75) is 70.4 Å². The highest BCUT2D eigenvalue weighted by atomic mass is 15.2. The third-order valence-corrected chi connectivity index (χ3v) is 4.90. The van der Waals surface area contributed by atoms with E-state index in [-0.39, 0.29) is 0 Å². The second kappa shape index (κ2) is 6.08. The van der Waals surface area contributed by atoms with Crippen molar-refractivity contribution in [1.82, 2.24) is 9.97 Å². The van der Waals surface area contributed by atoms with Crippen LogP contribution in [0.15, 0.2) is 6.33 Å². The zero-order valence-corrected chi connectivity index (χ0v) is 12.5. The maximum atomic E-state index is 6.04. The molecule has 1 aromatic heterocycles. The first-order chi connectivity index (χ1) is 9.79. The average molecular weight is 274 g/mol. The Morgan fingerprint density at radius 1 is 1.15 bits per heavy atom. The molecule has 110 valence electrons. The standard InChI is InChI=1S/C16H26N4/c1-2-20(13-9-7-12(17)8-10-13)16-14-5-3-4-6-15(14)18-11-19-16/h11-13H,2-10,17H2,1H3. The van der Waals surface area contributed by atoms with E-state index in [0.717, 1.165) is 32.2 Å². The van der Waals surface area contributed by atoms with Gasteiger partial charge >= 0.3 is 0 Å². The molecule has 0 bridgehead atoms. The summed E-state index contributed by atoms with van der Waals surface area (Å²) in [7, 11) is 0. The van der Waals surface area contributed by atoms with Crippen molar-refractivity contribution in [1.29, 1.82) is 0 Å². The van der Waals surface area contributed by atoms with Crippen LogP contribution in [0.1, 0.15) is 56.7 Å². The molecule has 0 saturated heterocycles. The molecule has 2 aliphatic carbocycles. The Kier molecular flexibility index (Phi) is 4.20. The summed E-state index contributed by atoms with van der Waals surface area (Å²) in [5, 5.41) is 0. The molecule has 4 heteroatoms. The van der Waals surface area contributed by atoms with E-state index in [1.807, 2.05) is 0 Å². The molecule has 0 radical (unpaired) electrons. The first kappa shape index (κ1) is 13.8. The maximum Gasteiger partial charge on any atom is 0.135 e. The van der Waals surface area contributed by atoms with Crippen LogP contribution in [0, 0.1) is 0 Å². The predicted molar refractivity (Wildman–Crippen MR) is 81.9 cm³/mol. The van der Waals surface area contributed by atoms with Gasteiger partial charge in [-0.15, -0.1) is 0 Å². The van der Waals surface area contributed by atoms with Crippen molar-refractivity contribution in [2.75, 3.05) is 11.4 Å². The van der Waals surface area contributed by atoms with E-state index in [1.54, 1.807) is 6.33 Å². The fourth-order valence-electron chi connectivity index (χ4n) is 3.75. The number of hydrogen-bond acceptors (Lipinski definition) is 4. The second-order valence-corrected chi connectivity index (χ2v) is 6.18. The van der Waals surface area contributed by atoms with Crippen molar-refractivity contribution in [3.8, 4) is 0 Å². The number of fused-ring (bicyclic) bond motifs is 1. The minimum Gasteiger partial charge on any atom is -0.354 e. The maximum absolute atomic E-state index is 6.04. The lowest BCUT2D eigenvalue weighted by Gasteiger charge is -2.37. The summed E-state index contributed by atoms with van der Waals surface area (Å²) in [6.07, 6.45) is 11.3. The smallest absolute Gasteiger partial charge is 0.135 e. The molecule has 0 unspecified atom stereocenters. The Balaban J connectivity index is 1.86. The van der Waals surface area contributed by atoms with Gasteiger partial charge in [0.15, 0.2) is 0 Å². The summed E-state index contributed by atoms with van der Waals surface area (Å²) in [6.45, 7) is 3.27. The highest BCUT2D eigenvalue weighted by molar-refractivity contribution is 5.50. The van der Waals surface area contributed by atoms with Gasteiger partial charge in [-0.3, -0.25) is 0 Å². The normalized spacial score (nSPS) is 26.1.